The predicted molar refractivity (Wildman–Crippen MR) is 118 cm³/mol. The molecular formula is C24H25FN4O. The first-order valence-corrected chi connectivity index (χ1v) is 10.6. The molecule has 1 amide bonds. The molecule has 2 aliphatic rings. The number of hydrogen-bond donors (Lipinski definition) is 0. The third-order valence-corrected chi connectivity index (χ3v) is 6.14. The molecule has 5 rings (SSSR count). The summed E-state index contributed by atoms with van der Waals surface area (Å²) >= 11 is 0. The largest absolute Gasteiger partial charge is 0.368 e. The first-order chi connectivity index (χ1) is 14.7. The molecular weight excluding hydrogens is 379 g/mol. The zero-order valence-electron chi connectivity index (χ0n) is 16.9. The molecule has 0 aliphatic carbocycles. The SMILES string of the molecule is O=C(c1cnc2ccc(F)cc2c1N1CCN(c2ccccc2)CC1)N1CCCC1. The maximum absolute atomic E-state index is 14.2. The lowest BCUT2D eigenvalue weighted by Gasteiger charge is -2.38. The van der Waals surface area contributed by atoms with Gasteiger partial charge in [0.05, 0.1) is 16.8 Å². The number of rotatable bonds is 3. The standard InChI is InChI=1S/C24H25FN4O/c25-18-8-9-22-20(16-18)23(21(17-26-22)24(30)29-10-4-5-11-29)28-14-12-27(13-15-28)19-6-2-1-3-7-19/h1-3,6-9,16-17H,4-5,10-15H2. The van der Waals surface area contributed by atoms with E-state index in [-0.39, 0.29) is 11.7 Å². The second-order valence-corrected chi connectivity index (χ2v) is 7.99. The summed E-state index contributed by atoms with van der Waals surface area (Å²) in [7, 11) is 0. The Hall–Kier alpha value is -3.15. The molecule has 6 heteroatoms. The number of aromatic nitrogens is 1. The van der Waals surface area contributed by atoms with Crippen molar-refractivity contribution in [2.75, 3.05) is 49.1 Å². The zero-order valence-corrected chi connectivity index (χ0v) is 16.9. The molecule has 3 heterocycles. The van der Waals surface area contributed by atoms with Gasteiger partial charge in [0.2, 0.25) is 0 Å². The minimum Gasteiger partial charge on any atom is -0.368 e. The minimum absolute atomic E-state index is 0.00616. The Labute approximate surface area is 175 Å². The summed E-state index contributed by atoms with van der Waals surface area (Å²) in [5.41, 5.74) is 3.33. The molecule has 2 saturated heterocycles. The fourth-order valence-electron chi connectivity index (χ4n) is 4.57. The number of likely N-dealkylation sites (tertiary alicyclic amines) is 1. The molecule has 30 heavy (non-hydrogen) atoms. The fraction of sp³-hybridized carbons (Fsp3) is 0.333. The first kappa shape index (κ1) is 18.9. The van der Waals surface area contributed by atoms with E-state index < -0.39 is 0 Å². The number of halogens is 1. The Morgan fingerprint density at radius 2 is 1.57 bits per heavy atom. The van der Waals surface area contributed by atoms with Crippen LogP contribution in [0.1, 0.15) is 23.2 Å². The molecule has 0 N–H and O–H groups in total. The lowest BCUT2D eigenvalue weighted by atomic mass is 10.1. The van der Waals surface area contributed by atoms with Gasteiger partial charge in [0.1, 0.15) is 5.82 Å². The molecule has 0 bridgehead atoms. The molecule has 2 aromatic carbocycles. The highest BCUT2D eigenvalue weighted by Gasteiger charge is 2.28. The number of para-hydroxylation sites is 1. The van der Waals surface area contributed by atoms with E-state index in [0.29, 0.717) is 10.9 Å². The number of nitrogens with zero attached hydrogens (tertiary/aromatic N) is 4. The van der Waals surface area contributed by atoms with Gasteiger partial charge in [0.25, 0.3) is 5.91 Å². The van der Waals surface area contributed by atoms with Gasteiger partial charge in [-0.1, -0.05) is 18.2 Å². The van der Waals surface area contributed by atoms with Crippen LogP contribution in [0.25, 0.3) is 10.9 Å². The lowest BCUT2D eigenvalue weighted by Crippen LogP contribution is -2.47. The van der Waals surface area contributed by atoms with Crippen LogP contribution in [0.5, 0.6) is 0 Å². The molecule has 0 spiro atoms. The molecule has 0 unspecified atom stereocenters. The van der Waals surface area contributed by atoms with E-state index in [1.165, 1.54) is 17.8 Å². The number of benzene rings is 2. The summed E-state index contributed by atoms with van der Waals surface area (Å²) in [6.45, 7) is 4.79. The molecule has 0 atom stereocenters. The Balaban J connectivity index is 1.51. The molecule has 154 valence electrons. The van der Waals surface area contributed by atoms with E-state index in [9.17, 15) is 9.18 Å². The summed E-state index contributed by atoms with van der Waals surface area (Å²) in [6, 6.07) is 15.0. The van der Waals surface area contributed by atoms with E-state index in [0.717, 1.165) is 63.3 Å². The quantitative estimate of drug-likeness (QED) is 0.663. The Morgan fingerprint density at radius 1 is 0.867 bits per heavy atom. The van der Waals surface area contributed by atoms with Crippen molar-refractivity contribution in [2.45, 2.75) is 12.8 Å². The Kier molecular flexibility index (Phi) is 4.99. The Bertz CT molecular complexity index is 1060. The van der Waals surface area contributed by atoms with Crippen LogP contribution < -0.4 is 9.80 Å². The number of carbonyl (C=O) groups is 1. The number of carbonyl (C=O) groups excluding carboxylic acids is 1. The third kappa shape index (κ3) is 3.47. The van der Waals surface area contributed by atoms with Crippen LogP contribution in [0, 0.1) is 5.82 Å². The summed E-state index contributed by atoms with van der Waals surface area (Å²) in [5.74, 6) is -0.300. The van der Waals surface area contributed by atoms with Gasteiger partial charge in [-0.05, 0) is 43.2 Å². The third-order valence-electron chi connectivity index (χ3n) is 6.14. The van der Waals surface area contributed by atoms with Crippen LogP contribution in [-0.2, 0) is 0 Å². The maximum atomic E-state index is 14.2. The van der Waals surface area contributed by atoms with Crippen LogP contribution in [0.15, 0.2) is 54.7 Å². The van der Waals surface area contributed by atoms with Gasteiger partial charge in [-0.25, -0.2) is 4.39 Å². The highest BCUT2D eigenvalue weighted by molar-refractivity contribution is 6.07. The van der Waals surface area contributed by atoms with E-state index in [1.807, 2.05) is 23.1 Å². The molecule has 1 aromatic heterocycles. The van der Waals surface area contributed by atoms with E-state index in [2.05, 4.69) is 26.9 Å². The van der Waals surface area contributed by atoms with Crippen molar-refractivity contribution in [1.82, 2.24) is 9.88 Å². The minimum atomic E-state index is -0.306. The number of anilines is 2. The monoisotopic (exact) mass is 404 g/mol. The van der Waals surface area contributed by atoms with E-state index in [4.69, 9.17) is 0 Å². The van der Waals surface area contributed by atoms with Crippen LogP contribution in [0.4, 0.5) is 15.8 Å². The van der Waals surface area contributed by atoms with Crippen molar-refractivity contribution in [3.63, 3.8) is 0 Å². The van der Waals surface area contributed by atoms with Gasteiger partial charge >= 0.3 is 0 Å². The summed E-state index contributed by atoms with van der Waals surface area (Å²) in [5, 5.41) is 0.716. The summed E-state index contributed by atoms with van der Waals surface area (Å²) < 4.78 is 14.2. The van der Waals surface area contributed by atoms with Gasteiger partial charge in [-0.15, -0.1) is 0 Å². The van der Waals surface area contributed by atoms with Crippen molar-refractivity contribution < 1.29 is 9.18 Å². The topological polar surface area (TPSA) is 39.7 Å². The molecule has 0 radical (unpaired) electrons. The van der Waals surface area contributed by atoms with Crippen molar-refractivity contribution in [3.05, 3.63) is 66.1 Å². The lowest BCUT2D eigenvalue weighted by molar-refractivity contribution is 0.0793. The van der Waals surface area contributed by atoms with Crippen molar-refractivity contribution in [2.24, 2.45) is 0 Å². The maximum Gasteiger partial charge on any atom is 0.257 e. The van der Waals surface area contributed by atoms with Gasteiger partial charge in [0, 0.05) is 56.5 Å². The summed E-state index contributed by atoms with van der Waals surface area (Å²) in [4.78, 5) is 24.2. The van der Waals surface area contributed by atoms with Crippen molar-refractivity contribution in [1.29, 1.82) is 0 Å². The van der Waals surface area contributed by atoms with Gasteiger partial charge < -0.3 is 14.7 Å². The van der Waals surface area contributed by atoms with E-state index in [1.54, 1.807) is 12.3 Å². The van der Waals surface area contributed by atoms with Gasteiger partial charge in [0.15, 0.2) is 0 Å². The second kappa shape index (κ2) is 7.94. The average molecular weight is 404 g/mol. The molecule has 2 fully saturated rings. The highest BCUT2D eigenvalue weighted by atomic mass is 19.1. The van der Waals surface area contributed by atoms with E-state index >= 15 is 0 Å². The van der Waals surface area contributed by atoms with Crippen molar-refractivity contribution >= 4 is 28.2 Å². The normalized spacial score (nSPS) is 17.0. The molecule has 2 aliphatic heterocycles. The number of amides is 1. The highest BCUT2D eigenvalue weighted by Crippen LogP contribution is 2.33. The molecule has 0 saturated carbocycles. The molecule has 3 aromatic rings. The van der Waals surface area contributed by atoms with Crippen LogP contribution in [0.3, 0.4) is 0 Å². The number of pyridine rings is 1. The number of piperazine rings is 1. The van der Waals surface area contributed by atoms with Crippen LogP contribution in [0.2, 0.25) is 0 Å². The summed E-state index contributed by atoms with van der Waals surface area (Å²) in [6.07, 6.45) is 3.75. The fourth-order valence-corrected chi connectivity index (χ4v) is 4.57. The van der Waals surface area contributed by atoms with Gasteiger partial charge in [-0.2, -0.15) is 0 Å². The second-order valence-electron chi connectivity index (χ2n) is 7.99. The van der Waals surface area contributed by atoms with Gasteiger partial charge in [-0.3, -0.25) is 9.78 Å². The number of hydrogen-bond acceptors (Lipinski definition) is 4. The Morgan fingerprint density at radius 3 is 2.30 bits per heavy atom. The first-order valence-electron chi connectivity index (χ1n) is 10.6. The average Bonchev–Trinajstić information content (AvgIpc) is 3.33. The molecule has 5 nitrogen and oxygen atoms in total. The van der Waals surface area contributed by atoms with Crippen LogP contribution in [-0.4, -0.2) is 55.1 Å². The predicted octanol–water partition coefficient (Wildman–Crippen LogP) is 3.94. The number of fused-ring (bicyclic) bond motifs is 1. The smallest absolute Gasteiger partial charge is 0.257 e. The zero-order chi connectivity index (χ0) is 20.5. The van der Waals surface area contributed by atoms with Crippen LogP contribution >= 0.6 is 0 Å². The van der Waals surface area contributed by atoms with Crippen molar-refractivity contribution in [3.8, 4) is 0 Å².